The molecule has 2 fully saturated rings. The number of hydrogen-bond acceptors (Lipinski definition) is 3. The summed E-state index contributed by atoms with van der Waals surface area (Å²) in [5.41, 5.74) is 5.08. The van der Waals surface area contributed by atoms with Crippen molar-refractivity contribution in [3.05, 3.63) is 111 Å². The molecule has 1 saturated heterocycles. The van der Waals surface area contributed by atoms with Gasteiger partial charge in [-0.05, 0) is 85.1 Å². The van der Waals surface area contributed by atoms with Gasteiger partial charge in [0.2, 0.25) is 0 Å². The lowest BCUT2D eigenvalue weighted by Crippen LogP contribution is -2.53. The first-order valence-corrected chi connectivity index (χ1v) is 16.9. The quantitative estimate of drug-likeness (QED) is 0.194. The van der Waals surface area contributed by atoms with E-state index in [0.717, 1.165) is 57.6 Å². The van der Waals surface area contributed by atoms with E-state index < -0.39 is 17.8 Å². The van der Waals surface area contributed by atoms with E-state index in [0.29, 0.717) is 18.4 Å². The first-order valence-electron chi connectivity index (χ1n) is 16.9. The molecule has 7 nitrogen and oxygen atoms in total. The van der Waals surface area contributed by atoms with Gasteiger partial charge in [-0.15, -0.1) is 0 Å². The van der Waals surface area contributed by atoms with E-state index in [2.05, 4.69) is 108 Å². The Balaban J connectivity index is 1.36. The summed E-state index contributed by atoms with van der Waals surface area (Å²) in [4.78, 5) is 42.3. The molecule has 1 aliphatic heterocycles. The third-order valence-electron chi connectivity index (χ3n) is 10.4. The average Bonchev–Trinajstić information content (AvgIpc) is 3.76. The molecule has 8 rings (SSSR count). The van der Waals surface area contributed by atoms with E-state index in [-0.39, 0.29) is 5.57 Å². The van der Waals surface area contributed by atoms with Crippen LogP contribution in [-0.2, 0) is 29.1 Å². The van der Waals surface area contributed by atoms with Crippen molar-refractivity contribution in [2.45, 2.75) is 52.6 Å². The van der Waals surface area contributed by atoms with Crippen molar-refractivity contribution < 1.29 is 14.4 Å². The summed E-state index contributed by atoms with van der Waals surface area (Å²) < 4.78 is 4.72. The molecular weight excluding hydrogens is 596 g/mol. The Morgan fingerprint density at radius 3 is 1.88 bits per heavy atom. The van der Waals surface area contributed by atoms with Gasteiger partial charge in [-0.1, -0.05) is 66.8 Å². The predicted octanol–water partition coefficient (Wildman–Crippen LogP) is 5.49. The minimum absolute atomic E-state index is 0.0526. The zero-order chi connectivity index (χ0) is 33.3. The SMILES string of the molecule is CCn1c2c3c(cccc3/c1=C/C=C1/CC/C(=C\C=c3\c4cccc5cccc(c54)n3CC)C1=C1C(=O)N(C)C(=O)N(C)C1=O)=CCC2. The van der Waals surface area contributed by atoms with Crippen LogP contribution in [0.4, 0.5) is 4.79 Å². The molecule has 5 aromatic rings. The highest BCUT2D eigenvalue weighted by atomic mass is 16.2. The fourth-order valence-corrected chi connectivity index (χ4v) is 8.20. The maximum atomic E-state index is 13.7. The summed E-state index contributed by atoms with van der Waals surface area (Å²) in [5, 5.41) is 9.66. The third-order valence-corrected chi connectivity index (χ3v) is 10.4. The molecule has 0 bridgehead atoms. The first kappa shape index (κ1) is 29.9. The average molecular weight is 635 g/mol. The maximum Gasteiger partial charge on any atom is 0.333 e. The van der Waals surface area contributed by atoms with E-state index in [4.69, 9.17) is 0 Å². The number of carbonyl (C=O) groups excluding carboxylic acids is 3. The summed E-state index contributed by atoms with van der Waals surface area (Å²) in [5.74, 6) is -1.12. The van der Waals surface area contributed by atoms with Gasteiger partial charge >= 0.3 is 6.03 Å². The van der Waals surface area contributed by atoms with Gasteiger partial charge in [-0.3, -0.25) is 19.4 Å². The lowest BCUT2D eigenvalue weighted by Gasteiger charge is -2.30. The van der Waals surface area contributed by atoms with Crippen molar-refractivity contribution in [2.75, 3.05) is 14.1 Å². The van der Waals surface area contributed by atoms with Gasteiger partial charge in [0.1, 0.15) is 5.57 Å². The highest BCUT2D eigenvalue weighted by Gasteiger charge is 2.42. The fourth-order valence-electron chi connectivity index (χ4n) is 8.20. The van der Waals surface area contributed by atoms with E-state index in [1.54, 1.807) is 0 Å². The minimum atomic E-state index is -0.620. The van der Waals surface area contributed by atoms with Crippen LogP contribution in [-0.4, -0.2) is 50.9 Å². The lowest BCUT2D eigenvalue weighted by atomic mass is 9.95. The Hall–Kier alpha value is -5.43. The number of amides is 4. The number of nitrogens with zero attached hydrogens (tertiary/aromatic N) is 4. The number of rotatable bonds is 4. The van der Waals surface area contributed by atoms with Gasteiger partial charge in [0.25, 0.3) is 11.8 Å². The minimum Gasteiger partial charge on any atom is -0.344 e. The standard InChI is InChI=1S/C41H38N4O3/c1-5-44-31(29-15-7-11-25-13-9-17-33(44)36(25)29)23-21-27-19-20-28(35(27)38-39(46)42(3)41(48)43(4)40(38)47)22-24-32-30-16-8-12-26-14-10-18-34(37(26)30)45(32)6-2/h7-9,11-17,21-24H,5-6,10,18-20H2,1-4H3/b27-21+,28-22-,31-23-,32-24-. The van der Waals surface area contributed by atoms with Crippen LogP contribution in [0, 0.1) is 0 Å². The second-order valence-electron chi connectivity index (χ2n) is 12.9. The second kappa shape index (κ2) is 11.4. The molecule has 1 saturated carbocycles. The number of barbiturate groups is 1. The zero-order valence-electron chi connectivity index (χ0n) is 27.8. The Morgan fingerprint density at radius 1 is 0.646 bits per heavy atom. The predicted molar refractivity (Wildman–Crippen MR) is 192 cm³/mol. The molecule has 3 aromatic carbocycles. The molecule has 7 heteroatoms. The van der Waals surface area contributed by atoms with Crippen LogP contribution in [0.2, 0.25) is 0 Å². The van der Waals surface area contributed by atoms with E-state index in [9.17, 15) is 14.4 Å². The highest BCUT2D eigenvalue weighted by Crippen LogP contribution is 2.40. The largest absolute Gasteiger partial charge is 0.344 e. The number of benzene rings is 3. The van der Waals surface area contributed by atoms with E-state index >= 15 is 0 Å². The molecule has 2 aromatic heterocycles. The molecule has 3 aliphatic rings. The summed E-state index contributed by atoms with van der Waals surface area (Å²) in [7, 11) is 2.88. The number of urea groups is 1. The molecule has 0 spiro atoms. The Labute approximate surface area is 278 Å². The molecule has 4 amide bonds. The monoisotopic (exact) mass is 634 g/mol. The molecule has 2 aliphatic carbocycles. The lowest BCUT2D eigenvalue weighted by molar-refractivity contribution is -0.134. The Morgan fingerprint density at radius 2 is 1.23 bits per heavy atom. The normalized spacial score (nSPS) is 19.5. The van der Waals surface area contributed by atoms with Crippen LogP contribution in [0.25, 0.3) is 50.7 Å². The Bertz CT molecular complexity index is 2490. The van der Waals surface area contributed by atoms with Crippen molar-refractivity contribution >= 4 is 68.5 Å². The number of imide groups is 2. The van der Waals surface area contributed by atoms with Crippen molar-refractivity contribution in [1.82, 2.24) is 18.9 Å². The van der Waals surface area contributed by atoms with Crippen molar-refractivity contribution in [1.29, 1.82) is 0 Å². The number of aromatic nitrogens is 2. The van der Waals surface area contributed by atoms with Crippen LogP contribution >= 0.6 is 0 Å². The molecule has 0 radical (unpaired) electrons. The van der Waals surface area contributed by atoms with Gasteiger partial charge in [0.15, 0.2) is 0 Å². The van der Waals surface area contributed by atoms with Crippen molar-refractivity contribution in [2.24, 2.45) is 0 Å². The molecule has 48 heavy (non-hydrogen) atoms. The van der Waals surface area contributed by atoms with Gasteiger partial charge in [0, 0.05) is 70.6 Å². The van der Waals surface area contributed by atoms with Gasteiger partial charge < -0.3 is 9.13 Å². The van der Waals surface area contributed by atoms with Crippen molar-refractivity contribution in [3.8, 4) is 0 Å². The Kier molecular flexibility index (Phi) is 7.09. The number of likely N-dealkylation sites (N-methyl/N-ethyl adjacent to an activating group) is 2. The maximum absolute atomic E-state index is 13.7. The second-order valence-corrected chi connectivity index (χ2v) is 12.9. The van der Waals surface area contributed by atoms with Crippen LogP contribution < -0.4 is 15.9 Å². The van der Waals surface area contributed by atoms with Crippen LogP contribution in [0.15, 0.2) is 89.0 Å². The van der Waals surface area contributed by atoms with Crippen LogP contribution in [0.3, 0.4) is 0 Å². The third kappa shape index (κ3) is 4.30. The summed E-state index contributed by atoms with van der Waals surface area (Å²) >= 11 is 0. The summed E-state index contributed by atoms with van der Waals surface area (Å²) in [6, 6.07) is 18.7. The molecule has 0 atom stereocenters. The number of hydrogen-bond donors (Lipinski definition) is 0. The van der Waals surface area contributed by atoms with E-state index in [1.165, 1.54) is 57.5 Å². The van der Waals surface area contributed by atoms with Gasteiger partial charge in [0.05, 0.1) is 0 Å². The van der Waals surface area contributed by atoms with Crippen molar-refractivity contribution in [3.63, 3.8) is 0 Å². The first-order chi connectivity index (χ1) is 23.3. The fraction of sp³-hybridized carbons (Fsp3) is 0.244. The van der Waals surface area contributed by atoms with Gasteiger partial charge in [-0.25, -0.2) is 4.79 Å². The molecule has 0 N–H and O–H groups in total. The van der Waals surface area contributed by atoms with Crippen LogP contribution in [0.5, 0.6) is 0 Å². The smallest absolute Gasteiger partial charge is 0.333 e. The molecule has 0 unspecified atom stereocenters. The number of carbonyl (C=O) groups is 3. The molecular formula is C41H38N4O3. The summed E-state index contributed by atoms with van der Waals surface area (Å²) in [6.45, 7) is 5.98. The molecule has 240 valence electrons. The van der Waals surface area contributed by atoms with Gasteiger partial charge in [-0.2, -0.15) is 0 Å². The summed E-state index contributed by atoms with van der Waals surface area (Å²) in [6.07, 6.45) is 14.2. The molecule has 3 heterocycles. The van der Waals surface area contributed by atoms with Crippen LogP contribution in [0.1, 0.15) is 38.8 Å². The highest BCUT2D eigenvalue weighted by molar-refractivity contribution is 6.29. The zero-order valence-corrected chi connectivity index (χ0v) is 27.8. The topological polar surface area (TPSA) is 67.6 Å². The van der Waals surface area contributed by atoms with E-state index in [1.807, 2.05) is 0 Å². The number of aryl methyl sites for hydroxylation is 2. The number of allylic oxidation sites excluding steroid dienone is 5.